The molecule has 0 bridgehead atoms. The summed E-state index contributed by atoms with van der Waals surface area (Å²) in [4.78, 5) is 2.63. The third kappa shape index (κ3) is 5.33. The predicted molar refractivity (Wildman–Crippen MR) is 80.4 cm³/mol. The second-order valence-electron chi connectivity index (χ2n) is 5.66. The minimum Gasteiger partial charge on any atom is -0.385 e. The Morgan fingerprint density at radius 3 is 2.58 bits per heavy atom. The van der Waals surface area contributed by atoms with E-state index in [0.717, 1.165) is 12.5 Å². The van der Waals surface area contributed by atoms with Crippen molar-refractivity contribution in [2.45, 2.75) is 32.1 Å². The lowest BCUT2D eigenvalue weighted by molar-refractivity contribution is 0.135. The zero-order chi connectivity index (χ0) is 13.3. The first kappa shape index (κ1) is 14.5. The van der Waals surface area contributed by atoms with Crippen molar-refractivity contribution in [1.82, 2.24) is 4.90 Å². The summed E-state index contributed by atoms with van der Waals surface area (Å²) in [5.41, 5.74) is 1.47. The third-order valence-electron chi connectivity index (χ3n) is 4.22. The average molecular weight is 261 g/mol. The molecule has 2 nitrogen and oxygen atoms in total. The van der Waals surface area contributed by atoms with E-state index in [9.17, 15) is 0 Å². The van der Waals surface area contributed by atoms with Crippen LogP contribution in [-0.2, 0) is 11.2 Å². The molecule has 0 saturated carbocycles. The Balaban J connectivity index is 1.58. The standard InChI is InChI=1S/C17H27NO/c1-19-15-11-17-9-13-18(14-10-17)12-5-8-16-6-3-2-4-7-16/h2-4,6-7,17H,5,8-15H2,1H3. The number of benzene rings is 1. The molecule has 0 amide bonds. The van der Waals surface area contributed by atoms with Gasteiger partial charge in [0.2, 0.25) is 0 Å². The van der Waals surface area contributed by atoms with E-state index in [1.54, 1.807) is 7.11 Å². The Morgan fingerprint density at radius 1 is 1.16 bits per heavy atom. The largest absolute Gasteiger partial charge is 0.385 e. The van der Waals surface area contributed by atoms with Crippen LogP contribution in [0.5, 0.6) is 0 Å². The Morgan fingerprint density at radius 2 is 1.89 bits per heavy atom. The van der Waals surface area contributed by atoms with Crippen LogP contribution in [-0.4, -0.2) is 38.3 Å². The Kier molecular flexibility index (Phi) is 6.38. The molecular formula is C17H27NO. The van der Waals surface area contributed by atoms with Gasteiger partial charge in [-0.05, 0) is 63.2 Å². The molecule has 1 heterocycles. The maximum Gasteiger partial charge on any atom is 0.0464 e. The molecule has 1 aliphatic rings. The molecule has 19 heavy (non-hydrogen) atoms. The second kappa shape index (κ2) is 8.34. The lowest BCUT2D eigenvalue weighted by Gasteiger charge is -2.31. The van der Waals surface area contributed by atoms with Gasteiger partial charge in [-0.3, -0.25) is 0 Å². The van der Waals surface area contributed by atoms with Gasteiger partial charge in [0.25, 0.3) is 0 Å². The highest BCUT2D eigenvalue weighted by Gasteiger charge is 2.18. The average Bonchev–Trinajstić information content (AvgIpc) is 2.47. The molecule has 2 rings (SSSR count). The van der Waals surface area contributed by atoms with E-state index in [1.165, 1.54) is 57.3 Å². The van der Waals surface area contributed by atoms with Crippen LogP contribution in [0.25, 0.3) is 0 Å². The molecule has 106 valence electrons. The number of aryl methyl sites for hydroxylation is 1. The summed E-state index contributed by atoms with van der Waals surface area (Å²) in [7, 11) is 1.80. The predicted octanol–water partition coefficient (Wildman–Crippen LogP) is 3.37. The van der Waals surface area contributed by atoms with E-state index in [1.807, 2.05) is 0 Å². The van der Waals surface area contributed by atoms with Gasteiger partial charge < -0.3 is 9.64 Å². The van der Waals surface area contributed by atoms with Gasteiger partial charge in [-0.15, -0.1) is 0 Å². The SMILES string of the molecule is COCCC1CCN(CCCc2ccccc2)CC1. The second-order valence-corrected chi connectivity index (χ2v) is 5.66. The Labute approximate surface area is 117 Å². The van der Waals surface area contributed by atoms with Gasteiger partial charge >= 0.3 is 0 Å². The van der Waals surface area contributed by atoms with Crippen LogP contribution in [0.2, 0.25) is 0 Å². The van der Waals surface area contributed by atoms with E-state index < -0.39 is 0 Å². The summed E-state index contributed by atoms with van der Waals surface area (Å²) in [6.07, 6.45) is 6.45. The van der Waals surface area contributed by atoms with Crippen LogP contribution in [0, 0.1) is 5.92 Å². The quantitative estimate of drug-likeness (QED) is 0.746. The summed E-state index contributed by atoms with van der Waals surface area (Å²) >= 11 is 0. The van der Waals surface area contributed by atoms with E-state index in [0.29, 0.717) is 0 Å². The van der Waals surface area contributed by atoms with E-state index in [-0.39, 0.29) is 0 Å². The third-order valence-corrected chi connectivity index (χ3v) is 4.22. The molecule has 0 aliphatic carbocycles. The van der Waals surface area contributed by atoms with Crippen LogP contribution in [0.15, 0.2) is 30.3 Å². The first-order chi connectivity index (χ1) is 9.38. The monoisotopic (exact) mass is 261 g/mol. The fourth-order valence-corrected chi connectivity index (χ4v) is 2.93. The summed E-state index contributed by atoms with van der Waals surface area (Å²) in [5.74, 6) is 0.894. The zero-order valence-electron chi connectivity index (χ0n) is 12.2. The van der Waals surface area contributed by atoms with Crippen molar-refractivity contribution in [3.63, 3.8) is 0 Å². The van der Waals surface area contributed by atoms with Crippen LogP contribution in [0.4, 0.5) is 0 Å². The number of piperidine rings is 1. The minimum atomic E-state index is 0.894. The van der Waals surface area contributed by atoms with Crippen LogP contribution in [0.3, 0.4) is 0 Å². The maximum absolute atomic E-state index is 5.17. The van der Waals surface area contributed by atoms with E-state index in [2.05, 4.69) is 35.2 Å². The minimum absolute atomic E-state index is 0.894. The number of hydrogen-bond acceptors (Lipinski definition) is 2. The highest BCUT2D eigenvalue weighted by molar-refractivity contribution is 5.14. The van der Waals surface area contributed by atoms with Gasteiger partial charge in [-0.2, -0.15) is 0 Å². The number of hydrogen-bond donors (Lipinski definition) is 0. The van der Waals surface area contributed by atoms with E-state index in [4.69, 9.17) is 4.74 Å². The molecule has 1 aliphatic heterocycles. The molecule has 0 aromatic heterocycles. The van der Waals surface area contributed by atoms with Gasteiger partial charge in [0.05, 0.1) is 0 Å². The Hall–Kier alpha value is -0.860. The van der Waals surface area contributed by atoms with Crippen molar-refractivity contribution in [3.05, 3.63) is 35.9 Å². The van der Waals surface area contributed by atoms with Gasteiger partial charge in [0, 0.05) is 13.7 Å². The lowest BCUT2D eigenvalue weighted by atomic mass is 9.94. The van der Waals surface area contributed by atoms with Crippen LogP contribution < -0.4 is 0 Å². The molecule has 0 unspecified atom stereocenters. The summed E-state index contributed by atoms with van der Waals surface area (Å²) in [5, 5.41) is 0. The zero-order valence-corrected chi connectivity index (χ0v) is 12.2. The molecule has 1 aromatic rings. The molecule has 0 spiro atoms. The van der Waals surface area contributed by atoms with Crippen LogP contribution >= 0.6 is 0 Å². The molecule has 1 fully saturated rings. The van der Waals surface area contributed by atoms with E-state index >= 15 is 0 Å². The highest BCUT2D eigenvalue weighted by Crippen LogP contribution is 2.20. The molecular weight excluding hydrogens is 234 g/mol. The van der Waals surface area contributed by atoms with Crippen LogP contribution in [0.1, 0.15) is 31.2 Å². The molecule has 2 heteroatoms. The lowest BCUT2D eigenvalue weighted by Crippen LogP contribution is -2.34. The molecule has 1 saturated heterocycles. The van der Waals surface area contributed by atoms with Gasteiger partial charge in [-0.25, -0.2) is 0 Å². The van der Waals surface area contributed by atoms with Crippen molar-refractivity contribution < 1.29 is 4.74 Å². The number of nitrogens with zero attached hydrogens (tertiary/aromatic N) is 1. The smallest absolute Gasteiger partial charge is 0.0464 e. The van der Waals surface area contributed by atoms with Gasteiger partial charge in [0.15, 0.2) is 0 Å². The summed E-state index contributed by atoms with van der Waals surface area (Å²) in [6, 6.07) is 10.8. The van der Waals surface area contributed by atoms with Crippen molar-refractivity contribution in [3.8, 4) is 0 Å². The topological polar surface area (TPSA) is 12.5 Å². The molecule has 0 radical (unpaired) electrons. The number of methoxy groups -OCH3 is 1. The summed E-state index contributed by atoms with van der Waals surface area (Å²) in [6.45, 7) is 4.75. The van der Waals surface area contributed by atoms with Gasteiger partial charge in [-0.1, -0.05) is 30.3 Å². The Bertz CT molecular complexity index is 330. The highest BCUT2D eigenvalue weighted by atomic mass is 16.5. The fourth-order valence-electron chi connectivity index (χ4n) is 2.93. The van der Waals surface area contributed by atoms with Crippen molar-refractivity contribution in [1.29, 1.82) is 0 Å². The fraction of sp³-hybridized carbons (Fsp3) is 0.647. The number of rotatable bonds is 7. The molecule has 0 N–H and O–H groups in total. The van der Waals surface area contributed by atoms with Crippen molar-refractivity contribution in [2.24, 2.45) is 5.92 Å². The van der Waals surface area contributed by atoms with Crippen molar-refractivity contribution in [2.75, 3.05) is 33.4 Å². The number of ether oxygens (including phenoxy) is 1. The summed E-state index contributed by atoms with van der Waals surface area (Å²) < 4.78 is 5.17. The normalized spacial score (nSPS) is 17.7. The number of likely N-dealkylation sites (tertiary alicyclic amines) is 1. The molecule has 0 atom stereocenters. The maximum atomic E-state index is 5.17. The first-order valence-corrected chi connectivity index (χ1v) is 7.63. The molecule has 1 aromatic carbocycles. The van der Waals surface area contributed by atoms with Crippen molar-refractivity contribution >= 4 is 0 Å². The first-order valence-electron chi connectivity index (χ1n) is 7.63. The van der Waals surface area contributed by atoms with Gasteiger partial charge in [0.1, 0.15) is 0 Å².